The van der Waals surface area contributed by atoms with Crippen LogP contribution < -0.4 is 9.64 Å². The Morgan fingerprint density at radius 2 is 1.59 bits per heavy atom. The predicted molar refractivity (Wildman–Crippen MR) is 140 cm³/mol. The standard InChI is InChI=1S/C31H33NO2/c1-20-8-10-21(11-9-20)28(33)23-12-14-26-25(19-23)30(5,6)31(32(26)7)17-16-22-18-24(29(2,3)4)13-15-27(22)34-31/h8-19H,1-7H3. The molecule has 0 N–H and O–H groups in total. The Morgan fingerprint density at radius 1 is 0.912 bits per heavy atom. The molecule has 0 aliphatic carbocycles. The number of anilines is 1. The molecule has 0 amide bonds. The van der Waals surface area contributed by atoms with Crippen LogP contribution in [0.1, 0.15) is 72.8 Å². The Bertz CT molecular complexity index is 1320. The zero-order chi connectivity index (χ0) is 24.5. The highest BCUT2D eigenvalue weighted by Gasteiger charge is 2.57. The molecule has 0 bridgehead atoms. The minimum absolute atomic E-state index is 0.0439. The second-order valence-corrected chi connectivity index (χ2v) is 11.2. The van der Waals surface area contributed by atoms with Gasteiger partial charge < -0.3 is 9.64 Å². The molecular weight excluding hydrogens is 418 g/mol. The van der Waals surface area contributed by atoms with Gasteiger partial charge in [0.05, 0.1) is 5.41 Å². The molecular formula is C31H33NO2. The maximum Gasteiger partial charge on any atom is 0.211 e. The first-order valence-electron chi connectivity index (χ1n) is 12.0. The Hall–Kier alpha value is -3.33. The average Bonchev–Trinajstić information content (AvgIpc) is 2.96. The zero-order valence-electron chi connectivity index (χ0n) is 21.2. The van der Waals surface area contributed by atoms with Gasteiger partial charge in [-0.25, -0.2) is 0 Å². The molecule has 3 aromatic rings. The molecule has 1 atom stereocenters. The first-order valence-corrected chi connectivity index (χ1v) is 12.0. The largest absolute Gasteiger partial charge is 0.463 e. The van der Waals surface area contributed by atoms with Crippen molar-refractivity contribution in [2.75, 3.05) is 11.9 Å². The molecule has 0 fully saturated rings. The summed E-state index contributed by atoms with van der Waals surface area (Å²) in [5.74, 6) is 0.932. The van der Waals surface area contributed by atoms with Gasteiger partial charge in [0.15, 0.2) is 5.78 Å². The van der Waals surface area contributed by atoms with Crippen LogP contribution in [-0.2, 0) is 10.8 Å². The summed E-state index contributed by atoms with van der Waals surface area (Å²) in [6.07, 6.45) is 4.37. The monoisotopic (exact) mass is 451 g/mol. The summed E-state index contributed by atoms with van der Waals surface area (Å²) in [5, 5.41) is 0. The van der Waals surface area contributed by atoms with E-state index in [1.165, 1.54) is 5.56 Å². The Balaban J connectivity index is 1.54. The number of likely N-dealkylation sites (N-methyl/N-ethyl adjacent to an activating group) is 1. The second kappa shape index (κ2) is 7.33. The molecule has 0 aromatic heterocycles. The number of nitrogens with zero attached hydrogens (tertiary/aromatic N) is 1. The fourth-order valence-corrected chi connectivity index (χ4v) is 5.29. The Kier molecular flexibility index (Phi) is 4.84. The molecule has 2 aliphatic heterocycles. The summed E-state index contributed by atoms with van der Waals surface area (Å²) >= 11 is 0. The van der Waals surface area contributed by atoms with E-state index in [-0.39, 0.29) is 16.6 Å². The topological polar surface area (TPSA) is 29.5 Å². The van der Waals surface area contributed by atoms with Crippen molar-refractivity contribution in [2.24, 2.45) is 0 Å². The third-order valence-electron chi connectivity index (χ3n) is 7.63. The highest BCUT2D eigenvalue weighted by atomic mass is 16.5. The fourth-order valence-electron chi connectivity index (χ4n) is 5.29. The molecule has 3 heteroatoms. The van der Waals surface area contributed by atoms with Crippen LogP contribution in [0.25, 0.3) is 6.08 Å². The number of hydrogen-bond donors (Lipinski definition) is 0. The van der Waals surface area contributed by atoms with Crippen molar-refractivity contribution in [3.8, 4) is 5.75 Å². The Morgan fingerprint density at radius 3 is 2.26 bits per heavy atom. The number of fused-ring (bicyclic) bond motifs is 2. The van der Waals surface area contributed by atoms with Gasteiger partial charge >= 0.3 is 0 Å². The van der Waals surface area contributed by atoms with E-state index in [4.69, 9.17) is 4.74 Å². The number of rotatable bonds is 2. The predicted octanol–water partition coefficient (Wildman–Crippen LogP) is 7.05. The van der Waals surface area contributed by atoms with Crippen molar-refractivity contribution >= 4 is 17.5 Å². The molecule has 174 valence electrons. The van der Waals surface area contributed by atoms with Gasteiger partial charge in [-0.2, -0.15) is 0 Å². The minimum atomic E-state index is -0.670. The summed E-state index contributed by atoms with van der Waals surface area (Å²) in [6.45, 7) is 13.1. The molecule has 0 saturated heterocycles. The second-order valence-electron chi connectivity index (χ2n) is 11.2. The van der Waals surface area contributed by atoms with Crippen LogP contribution in [0.4, 0.5) is 5.69 Å². The Labute approximate surface area is 203 Å². The normalized spacial score (nSPS) is 20.1. The maximum atomic E-state index is 13.2. The molecule has 1 spiro atoms. The SMILES string of the molecule is Cc1ccc(C(=O)c2ccc3c(c2)C(C)(C)C2(C=Cc4cc(C(C)(C)C)ccc4O2)N3C)cc1. The lowest BCUT2D eigenvalue weighted by atomic mass is 9.75. The number of carbonyl (C=O) groups is 1. The van der Waals surface area contributed by atoms with E-state index in [2.05, 4.69) is 89.1 Å². The van der Waals surface area contributed by atoms with E-state index in [1.54, 1.807) is 0 Å². The van der Waals surface area contributed by atoms with Crippen molar-refractivity contribution in [2.45, 2.75) is 58.1 Å². The first-order chi connectivity index (χ1) is 15.9. The molecule has 3 aromatic carbocycles. The third-order valence-corrected chi connectivity index (χ3v) is 7.63. The number of ether oxygens (including phenoxy) is 1. The molecule has 0 saturated carbocycles. The number of aryl methyl sites for hydroxylation is 1. The van der Waals surface area contributed by atoms with Crippen LogP contribution in [0.2, 0.25) is 0 Å². The lowest BCUT2D eigenvalue weighted by molar-refractivity contribution is 0.0581. The third kappa shape index (κ3) is 3.21. The van der Waals surface area contributed by atoms with Gasteiger partial charge in [-0.3, -0.25) is 4.79 Å². The van der Waals surface area contributed by atoms with Crippen LogP contribution in [0.5, 0.6) is 5.75 Å². The average molecular weight is 452 g/mol. The van der Waals surface area contributed by atoms with E-state index in [9.17, 15) is 4.79 Å². The number of hydrogen-bond acceptors (Lipinski definition) is 3. The van der Waals surface area contributed by atoms with Crippen LogP contribution in [0, 0.1) is 6.92 Å². The highest BCUT2D eigenvalue weighted by molar-refractivity contribution is 6.09. The summed E-state index contributed by atoms with van der Waals surface area (Å²) in [7, 11) is 2.08. The minimum Gasteiger partial charge on any atom is -0.463 e. The van der Waals surface area contributed by atoms with Crippen molar-refractivity contribution in [3.63, 3.8) is 0 Å². The van der Waals surface area contributed by atoms with Gasteiger partial charge in [-0.05, 0) is 79.8 Å². The van der Waals surface area contributed by atoms with Gasteiger partial charge in [-0.1, -0.05) is 56.7 Å². The van der Waals surface area contributed by atoms with Gasteiger partial charge in [0.1, 0.15) is 5.75 Å². The molecule has 0 radical (unpaired) electrons. The molecule has 3 nitrogen and oxygen atoms in total. The van der Waals surface area contributed by atoms with E-state index >= 15 is 0 Å². The fraction of sp³-hybridized carbons (Fsp3) is 0.323. The smallest absolute Gasteiger partial charge is 0.211 e. The van der Waals surface area contributed by atoms with Crippen molar-refractivity contribution < 1.29 is 9.53 Å². The quantitative estimate of drug-likeness (QED) is 0.391. The molecule has 1 unspecified atom stereocenters. The van der Waals surface area contributed by atoms with E-state index in [0.717, 1.165) is 28.1 Å². The van der Waals surface area contributed by atoms with Gasteiger partial charge in [0, 0.05) is 29.4 Å². The molecule has 2 aliphatic rings. The lowest BCUT2D eigenvalue weighted by Crippen LogP contribution is -2.58. The summed E-state index contributed by atoms with van der Waals surface area (Å²) in [5.41, 5.74) is 6.19. The van der Waals surface area contributed by atoms with Crippen LogP contribution in [0.3, 0.4) is 0 Å². The van der Waals surface area contributed by atoms with Crippen LogP contribution >= 0.6 is 0 Å². The van der Waals surface area contributed by atoms with Gasteiger partial charge in [0.25, 0.3) is 0 Å². The number of carbonyl (C=O) groups excluding carboxylic acids is 1. The first kappa shape index (κ1) is 22.5. The summed E-state index contributed by atoms with van der Waals surface area (Å²) in [4.78, 5) is 15.4. The molecule has 34 heavy (non-hydrogen) atoms. The van der Waals surface area contributed by atoms with Crippen molar-refractivity contribution in [1.29, 1.82) is 0 Å². The van der Waals surface area contributed by atoms with E-state index in [0.29, 0.717) is 11.1 Å². The van der Waals surface area contributed by atoms with Crippen LogP contribution in [-0.4, -0.2) is 18.6 Å². The van der Waals surface area contributed by atoms with E-state index < -0.39 is 5.72 Å². The maximum absolute atomic E-state index is 13.2. The van der Waals surface area contributed by atoms with Crippen molar-refractivity contribution in [3.05, 3.63) is 100 Å². The lowest BCUT2D eigenvalue weighted by Gasteiger charge is -2.46. The van der Waals surface area contributed by atoms with Gasteiger partial charge in [-0.15, -0.1) is 0 Å². The zero-order valence-corrected chi connectivity index (χ0v) is 21.2. The highest BCUT2D eigenvalue weighted by Crippen LogP contribution is 2.54. The molecule has 2 heterocycles. The molecule has 5 rings (SSSR count). The van der Waals surface area contributed by atoms with Crippen LogP contribution in [0.15, 0.2) is 66.7 Å². The van der Waals surface area contributed by atoms with Gasteiger partial charge in [0.2, 0.25) is 5.72 Å². The van der Waals surface area contributed by atoms with Crippen molar-refractivity contribution in [1.82, 2.24) is 0 Å². The van der Waals surface area contributed by atoms with E-state index in [1.807, 2.05) is 37.3 Å². The number of ketones is 1. The summed E-state index contributed by atoms with van der Waals surface area (Å²) < 4.78 is 6.81. The number of benzene rings is 3. The summed E-state index contributed by atoms with van der Waals surface area (Å²) in [6, 6.07) is 20.3.